The van der Waals surface area contributed by atoms with Gasteiger partial charge in [0.05, 0.1) is 21.8 Å². The molecule has 310 valence electrons. The highest BCUT2D eigenvalue weighted by Crippen LogP contribution is 2.30. The Morgan fingerprint density at radius 3 is 0.554 bits per heavy atom. The quantitative estimate of drug-likeness (QED) is 0.147. The Morgan fingerprint density at radius 1 is 0.232 bits per heavy atom. The van der Waals surface area contributed by atoms with Gasteiger partial charge in [0.15, 0.2) is 29.4 Å². The molecule has 0 atom stereocenters. The lowest BCUT2D eigenvalue weighted by molar-refractivity contribution is 1.32. The molecule has 0 unspecified atom stereocenters. The Hall–Kier alpha value is -3.63. The molecule has 0 heterocycles. The maximum Gasteiger partial charge on any atom is 0.166 e. The molecule has 0 aliphatic rings. The van der Waals surface area contributed by atoms with Crippen molar-refractivity contribution in [2.45, 2.75) is 127 Å². The Balaban J connectivity index is -0.000000209. The summed E-state index contributed by atoms with van der Waals surface area (Å²) in [5.74, 6) is 0. The van der Waals surface area contributed by atoms with E-state index in [1.54, 1.807) is 0 Å². The van der Waals surface area contributed by atoms with Crippen LogP contribution in [0.5, 0.6) is 0 Å². The van der Waals surface area contributed by atoms with Gasteiger partial charge in [-0.2, -0.15) is 0 Å². The van der Waals surface area contributed by atoms with Gasteiger partial charge in [0.1, 0.15) is 18.8 Å². The van der Waals surface area contributed by atoms with Crippen molar-refractivity contribution in [3.63, 3.8) is 0 Å². The SMILES string of the molecule is C.C.CC.CC.CC.CC.CC.CC.C[S+](C)c1ccccc1.C[S+](c1ccccc1)c1ccccc1.c1ccc([S+](c2ccccc2)c2ccccc2)cc1. The molecule has 0 spiro atoms. The summed E-state index contributed by atoms with van der Waals surface area (Å²) in [6, 6.07) is 64.0. The summed E-state index contributed by atoms with van der Waals surface area (Å²) < 4.78 is 0. The summed E-state index contributed by atoms with van der Waals surface area (Å²) in [7, 11) is 0.610. The van der Waals surface area contributed by atoms with Crippen molar-refractivity contribution in [3.05, 3.63) is 182 Å². The van der Waals surface area contributed by atoms with Crippen molar-refractivity contribution in [1.82, 2.24) is 0 Å². The van der Waals surface area contributed by atoms with Gasteiger partial charge in [0, 0.05) is 10.9 Å². The van der Waals surface area contributed by atoms with E-state index in [-0.39, 0.29) is 36.6 Å². The zero-order valence-electron chi connectivity index (χ0n) is 36.5. The van der Waals surface area contributed by atoms with E-state index in [1.807, 2.05) is 83.1 Å². The lowest BCUT2D eigenvalue weighted by atomic mass is 10.4. The van der Waals surface area contributed by atoms with Crippen LogP contribution in [0.1, 0.15) is 97.9 Å². The van der Waals surface area contributed by atoms with Gasteiger partial charge in [-0.05, 0) is 72.8 Å². The second kappa shape index (κ2) is 45.8. The Bertz CT molecular complexity index is 1390. The standard InChI is InChI=1S/C18H15S.C13H13S.C8H11S.6C2H6.2CH4/c1-4-10-16(11-5-1)19(17-12-6-2-7-13-17)18-14-8-3-9-15-18;1-14(12-8-4-2-5-9-12)13-10-6-3-7-11-13;1-9(2)8-6-4-3-5-7-8;6*1-2;;/h1-15H;2-11H,1H3;3-7H,1-2H3;6*1-2H3;2*1H4/q3*+1;;;;;;;;. The normalized spacial score (nSPS) is 8.46. The molecule has 0 nitrogen and oxygen atoms in total. The van der Waals surface area contributed by atoms with Gasteiger partial charge in [-0.25, -0.2) is 0 Å². The van der Waals surface area contributed by atoms with Gasteiger partial charge >= 0.3 is 0 Å². The van der Waals surface area contributed by atoms with Crippen molar-refractivity contribution in [2.75, 3.05) is 18.8 Å². The molecule has 6 rings (SSSR count). The van der Waals surface area contributed by atoms with Crippen molar-refractivity contribution < 1.29 is 0 Å². The van der Waals surface area contributed by atoms with E-state index in [0.717, 1.165) is 0 Å². The van der Waals surface area contributed by atoms with E-state index < -0.39 is 0 Å². The van der Waals surface area contributed by atoms with Crippen molar-refractivity contribution in [2.24, 2.45) is 0 Å². The Morgan fingerprint density at radius 2 is 0.393 bits per heavy atom. The van der Waals surface area contributed by atoms with Crippen LogP contribution in [0.3, 0.4) is 0 Å². The number of rotatable bonds is 6. The molecule has 0 N–H and O–H groups in total. The first-order valence-corrected chi connectivity index (χ1v) is 24.8. The first-order chi connectivity index (χ1) is 26.6. The minimum Gasteiger partial charge on any atom is -0.0776 e. The van der Waals surface area contributed by atoms with Crippen molar-refractivity contribution in [1.29, 1.82) is 0 Å². The minimum atomic E-state index is -0.0146. The molecule has 6 aromatic rings. The predicted octanol–water partition coefficient (Wildman–Crippen LogP) is 17.5. The van der Waals surface area contributed by atoms with E-state index in [9.17, 15) is 0 Å². The van der Waals surface area contributed by atoms with Crippen molar-refractivity contribution in [3.8, 4) is 0 Å². The molecule has 3 heteroatoms. The van der Waals surface area contributed by atoms with Crippen LogP contribution in [0.4, 0.5) is 0 Å². The van der Waals surface area contributed by atoms with E-state index in [1.165, 1.54) is 29.4 Å². The van der Waals surface area contributed by atoms with E-state index in [2.05, 4.69) is 201 Å². The molecule has 0 bridgehead atoms. The molecular formula is C53H83S3+3. The third-order valence-electron chi connectivity index (χ3n) is 6.34. The summed E-state index contributed by atoms with van der Waals surface area (Å²) in [6.07, 6.45) is 6.73. The second-order valence-electron chi connectivity index (χ2n) is 9.51. The molecule has 0 aliphatic heterocycles. The summed E-state index contributed by atoms with van der Waals surface area (Å²) in [6.45, 7) is 24.0. The fourth-order valence-electron chi connectivity index (χ4n) is 4.16. The second-order valence-corrected chi connectivity index (χ2v) is 15.6. The zero-order chi connectivity index (χ0) is 41.4. The van der Waals surface area contributed by atoms with Crippen LogP contribution in [0.25, 0.3) is 0 Å². The number of hydrogen-bond acceptors (Lipinski definition) is 0. The molecule has 6 aromatic carbocycles. The third-order valence-corrected chi connectivity index (χ3v) is 11.7. The summed E-state index contributed by atoms with van der Waals surface area (Å²) in [5.41, 5.74) is 0. The highest BCUT2D eigenvalue weighted by atomic mass is 32.2. The molecule has 0 saturated heterocycles. The van der Waals surface area contributed by atoms with Gasteiger partial charge < -0.3 is 0 Å². The fraction of sp³-hybridized carbons (Fsp3) is 0.321. The molecule has 0 fully saturated rings. The number of hydrogen-bond donors (Lipinski definition) is 0. The lowest BCUT2D eigenvalue weighted by Crippen LogP contribution is -2.04. The van der Waals surface area contributed by atoms with Crippen molar-refractivity contribution >= 4 is 32.7 Å². The smallest absolute Gasteiger partial charge is 0.0776 e. The third kappa shape index (κ3) is 26.3. The zero-order valence-corrected chi connectivity index (χ0v) is 39.0. The topological polar surface area (TPSA) is 0 Å². The summed E-state index contributed by atoms with van der Waals surface area (Å²) >= 11 is 0. The predicted molar refractivity (Wildman–Crippen MR) is 270 cm³/mol. The first-order valence-electron chi connectivity index (χ1n) is 19.9. The van der Waals surface area contributed by atoms with Crippen LogP contribution in [-0.2, 0) is 32.7 Å². The molecule has 0 amide bonds. The highest BCUT2D eigenvalue weighted by Gasteiger charge is 2.27. The summed E-state index contributed by atoms with van der Waals surface area (Å²) in [5, 5.41) is 0. The fourth-order valence-corrected chi connectivity index (χ4v) is 8.36. The average Bonchev–Trinajstić information content (AvgIpc) is 3.30. The Kier molecular flexibility index (Phi) is 50.3. The van der Waals surface area contributed by atoms with Crippen LogP contribution >= 0.6 is 0 Å². The molecular weight excluding hydrogens is 733 g/mol. The van der Waals surface area contributed by atoms with Crippen LogP contribution in [0, 0.1) is 0 Å². The average molecular weight is 816 g/mol. The van der Waals surface area contributed by atoms with Crippen LogP contribution < -0.4 is 0 Å². The highest BCUT2D eigenvalue weighted by molar-refractivity contribution is 7.97. The van der Waals surface area contributed by atoms with E-state index in [4.69, 9.17) is 0 Å². The largest absolute Gasteiger partial charge is 0.166 e. The van der Waals surface area contributed by atoms with E-state index in [0.29, 0.717) is 10.9 Å². The van der Waals surface area contributed by atoms with Crippen LogP contribution in [0.2, 0.25) is 0 Å². The minimum absolute atomic E-state index is 0. The monoisotopic (exact) mass is 816 g/mol. The molecule has 0 aliphatic carbocycles. The number of benzene rings is 6. The van der Waals surface area contributed by atoms with Gasteiger partial charge in [0.25, 0.3) is 0 Å². The van der Waals surface area contributed by atoms with E-state index >= 15 is 0 Å². The van der Waals surface area contributed by atoms with Gasteiger partial charge in [-0.3, -0.25) is 0 Å². The van der Waals surface area contributed by atoms with Crippen LogP contribution in [-0.4, -0.2) is 18.8 Å². The molecule has 56 heavy (non-hydrogen) atoms. The molecule has 0 saturated carbocycles. The van der Waals surface area contributed by atoms with Gasteiger partial charge in [-0.1, -0.05) is 207 Å². The van der Waals surface area contributed by atoms with Gasteiger partial charge in [0.2, 0.25) is 0 Å². The maximum absolute atomic E-state index is 2.27. The molecule has 0 radical (unpaired) electrons. The van der Waals surface area contributed by atoms with Crippen LogP contribution in [0.15, 0.2) is 211 Å². The first kappa shape index (κ1) is 61.6. The maximum atomic E-state index is 2.27. The Labute approximate surface area is 358 Å². The van der Waals surface area contributed by atoms with Gasteiger partial charge in [-0.15, -0.1) is 0 Å². The lowest BCUT2D eigenvalue weighted by Gasteiger charge is -2.07. The molecule has 0 aromatic heterocycles. The summed E-state index contributed by atoms with van der Waals surface area (Å²) in [4.78, 5) is 8.33.